The molecule has 3 nitrogen and oxygen atoms in total. The van der Waals surface area contributed by atoms with Crippen LogP contribution in [-0.4, -0.2) is 23.6 Å². The summed E-state index contributed by atoms with van der Waals surface area (Å²) < 4.78 is 45.4. The van der Waals surface area contributed by atoms with Crippen molar-refractivity contribution in [1.29, 1.82) is 0 Å². The van der Waals surface area contributed by atoms with E-state index in [0.717, 1.165) is 34.3 Å². The van der Waals surface area contributed by atoms with Crippen molar-refractivity contribution in [3.8, 4) is 0 Å². The van der Waals surface area contributed by atoms with E-state index in [0.29, 0.717) is 30.2 Å². The SMILES string of the molecule is C=C(NC(C)c1ccc(CCCF)cn1)C1CC1c1c[nH]c2c(F)cccc12.CC.FCF. The van der Waals surface area contributed by atoms with Gasteiger partial charge in [0.05, 0.1) is 23.9 Å². The normalized spacial score (nSPS) is 17.3. The van der Waals surface area contributed by atoms with Crippen LogP contribution in [0.5, 0.6) is 0 Å². The number of benzene rings is 1. The van der Waals surface area contributed by atoms with Crippen LogP contribution in [-0.2, 0) is 6.42 Å². The van der Waals surface area contributed by atoms with Crippen molar-refractivity contribution in [2.24, 2.45) is 5.92 Å². The van der Waals surface area contributed by atoms with Crippen LogP contribution in [0.3, 0.4) is 0 Å². The van der Waals surface area contributed by atoms with E-state index in [4.69, 9.17) is 0 Å². The highest BCUT2D eigenvalue weighted by Crippen LogP contribution is 2.52. The number of nitrogens with zero attached hydrogens (tertiary/aromatic N) is 1. The maximum absolute atomic E-state index is 13.9. The Bertz CT molecular complexity index is 1000. The molecule has 4 rings (SSSR count). The molecule has 3 atom stereocenters. The van der Waals surface area contributed by atoms with E-state index in [2.05, 4.69) is 28.8 Å². The van der Waals surface area contributed by atoms with Crippen molar-refractivity contribution in [3.05, 3.63) is 77.6 Å². The molecule has 180 valence electrons. The van der Waals surface area contributed by atoms with Crippen LogP contribution < -0.4 is 5.32 Å². The zero-order valence-corrected chi connectivity index (χ0v) is 19.5. The minimum Gasteiger partial charge on any atom is -0.380 e. The molecule has 7 heteroatoms. The van der Waals surface area contributed by atoms with Gasteiger partial charge < -0.3 is 10.3 Å². The fourth-order valence-corrected chi connectivity index (χ4v) is 3.94. The molecule has 2 aromatic heterocycles. The molecule has 1 fully saturated rings. The van der Waals surface area contributed by atoms with E-state index in [1.54, 1.807) is 6.07 Å². The summed E-state index contributed by atoms with van der Waals surface area (Å²) in [6.45, 7) is 8.25. The fourth-order valence-electron chi connectivity index (χ4n) is 3.94. The number of allylic oxidation sites excluding steroid dienone is 1. The number of aromatic amines is 1. The molecule has 0 aliphatic heterocycles. The van der Waals surface area contributed by atoms with Crippen molar-refractivity contribution >= 4 is 10.9 Å². The van der Waals surface area contributed by atoms with E-state index in [9.17, 15) is 17.6 Å². The molecule has 2 heterocycles. The summed E-state index contributed by atoms with van der Waals surface area (Å²) in [5.41, 5.74) is 4.72. The molecule has 1 aliphatic rings. The molecule has 33 heavy (non-hydrogen) atoms. The average Bonchev–Trinajstić information content (AvgIpc) is 3.51. The van der Waals surface area contributed by atoms with Crippen LogP contribution >= 0.6 is 0 Å². The molecule has 1 saturated carbocycles. The predicted octanol–water partition coefficient (Wildman–Crippen LogP) is 7.48. The number of hydrogen-bond acceptors (Lipinski definition) is 2. The first-order valence-corrected chi connectivity index (χ1v) is 11.3. The molecule has 0 saturated heterocycles. The second-order valence-electron chi connectivity index (χ2n) is 7.73. The number of aryl methyl sites for hydroxylation is 1. The third kappa shape index (κ3) is 6.83. The van der Waals surface area contributed by atoms with Crippen molar-refractivity contribution in [1.82, 2.24) is 15.3 Å². The quantitative estimate of drug-likeness (QED) is 0.340. The summed E-state index contributed by atoms with van der Waals surface area (Å²) >= 11 is 0. The first-order chi connectivity index (χ1) is 16.0. The van der Waals surface area contributed by atoms with Gasteiger partial charge in [-0.1, -0.05) is 38.6 Å². The monoisotopic (exact) mass is 463 g/mol. The maximum atomic E-state index is 13.9. The Morgan fingerprint density at radius 1 is 1.21 bits per heavy atom. The van der Waals surface area contributed by atoms with Gasteiger partial charge in [-0.05, 0) is 55.4 Å². The van der Waals surface area contributed by atoms with Gasteiger partial charge in [-0.2, -0.15) is 0 Å². The second-order valence-corrected chi connectivity index (χ2v) is 7.73. The zero-order chi connectivity index (χ0) is 24.4. The van der Waals surface area contributed by atoms with Gasteiger partial charge in [0.25, 0.3) is 0 Å². The highest BCUT2D eigenvalue weighted by Gasteiger charge is 2.42. The van der Waals surface area contributed by atoms with Gasteiger partial charge in [0.1, 0.15) is 5.82 Å². The molecule has 1 aromatic carbocycles. The van der Waals surface area contributed by atoms with Crippen LogP contribution in [0.1, 0.15) is 62.4 Å². The third-order valence-corrected chi connectivity index (χ3v) is 5.63. The van der Waals surface area contributed by atoms with Crippen LogP contribution in [0.15, 0.2) is 55.0 Å². The van der Waals surface area contributed by atoms with E-state index < -0.39 is 6.93 Å². The van der Waals surface area contributed by atoms with E-state index in [-0.39, 0.29) is 18.5 Å². The topological polar surface area (TPSA) is 40.7 Å². The van der Waals surface area contributed by atoms with E-state index in [1.165, 1.54) is 6.07 Å². The van der Waals surface area contributed by atoms with Gasteiger partial charge in [0.2, 0.25) is 6.93 Å². The lowest BCUT2D eigenvalue weighted by Crippen LogP contribution is -2.20. The molecule has 3 aromatic rings. The summed E-state index contributed by atoms with van der Waals surface area (Å²) in [6.07, 6.45) is 6.01. The van der Waals surface area contributed by atoms with Gasteiger partial charge in [-0.25, -0.2) is 13.2 Å². The minimum atomic E-state index is -1.75. The molecule has 1 aliphatic carbocycles. The summed E-state index contributed by atoms with van der Waals surface area (Å²) in [5, 5.41) is 4.43. The maximum Gasteiger partial charge on any atom is 0.229 e. The number of para-hydroxylation sites is 1. The largest absolute Gasteiger partial charge is 0.380 e. The fraction of sp³-hybridized carbons (Fsp3) is 0.423. The summed E-state index contributed by atoms with van der Waals surface area (Å²) in [5.74, 6) is 0.486. The highest BCUT2D eigenvalue weighted by atomic mass is 19.3. The van der Waals surface area contributed by atoms with Gasteiger partial charge in [0, 0.05) is 29.4 Å². The smallest absolute Gasteiger partial charge is 0.229 e. The molecule has 2 N–H and O–H groups in total. The lowest BCUT2D eigenvalue weighted by molar-refractivity contribution is 0.295. The Morgan fingerprint density at radius 3 is 2.58 bits per heavy atom. The molecule has 0 amide bonds. The number of halogens is 4. The molecular formula is C26H33F4N3. The Kier molecular flexibility index (Phi) is 10.4. The summed E-state index contributed by atoms with van der Waals surface area (Å²) in [4.78, 5) is 7.58. The number of H-pyrrole nitrogens is 1. The molecular weight excluding hydrogens is 430 g/mol. The van der Waals surface area contributed by atoms with Crippen molar-refractivity contribution in [3.63, 3.8) is 0 Å². The zero-order valence-electron chi connectivity index (χ0n) is 19.5. The number of rotatable bonds is 8. The van der Waals surface area contributed by atoms with Crippen molar-refractivity contribution in [2.45, 2.75) is 52.0 Å². The van der Waals surface area contributed by atoms with Gasteiger partial charge in [-0.3, -0.25) is 9.37 Å². The van der Waals surface area contributed by atoms with Crippen LogP contribution in [0, 0.1) is 11.7 Å². The Balaban J connectivity index is 0.000000714. The van der Waals surface area contributed by atoms with E-state index >= 15 is 0 Å². The van der Waals surface area contributed by atoms with Crippen molar-refractivity contribution < 1.29 is 17.6 Å². The lowest BCUT2D eigenvalue weighted by atomic mass is 10.1. The Hall–Kier alpha value is -2.83. The minimum absolute atomic E-state index is 0.0457. The standard InChI is InChI=1S/C23H25F2N3.C2H6.CH2F2/c1-14(28-15(2)22-9-8-16(12-26-22)5-4-10-24)18-11-19(18)20-13-27-23-17(20)6-3-7-21(23)25;1-2;2-1-3/h3,6-9,12-13,15,18-19,27-28H,1,4-5,10-11H2,2H3;1-2H3;1H2. The third-order valence-electron chi connectivity index (χ3n) is 5.63. The highest BCUT2D eigenvalue weighted by molar-refractivity contribution is 5.84. The number of aromatic nitrogens is 2. The van der Waals surface area contributed by atoms with Crippen molar-refractivity contribution in [2.75, 3.05) is 13.6 Å². The average molecular weight is 464 g/mol. The van der Waals surface area contributed by atoms with Gasteiger partial charge in [-0.15, -0.1) is 0 Å². The van der Waals surface area contributed by atoms with Gasteiger partial charge in [0.15, 0.2) is 0 Å². The Morgan fingerprint density at radius 2 is 1.94 bits per heavy atom. The van der Waals surface area contributed by atoms with Crippen LogP contribution in [0.2, 0.25) is 0 Å². The van der Waals surface area contributed by atoms with Crippen LogP contribution in [0.4, 0.5) is 17.6 Å². The van der Waals surface area contributed by atoms with E-state index in [1.807, 2.05) is 44.4 Å². The number of hydrogen-bond donors (Lipinski definition) is 2. The summed E-state index contributed by atoms with van der Waals surface area (Å²) in [7, 11) is 0. The molecule has 3 unspecified atom stereocenters. The van der Waals surface area contributed by atoms with Gasteiger partial charge >= 0.3 is 0 Å². The predicted molar refractivity (Wildman–Crippen MR) is 127 cm³/mol. The number of fused-ring (bicyclic) bond motifs is 1. The molecule has 0 bridgehead atoms. The van der Waals surface area contributed by atoms with Crippen LogP contribution in [0.25, 0.3) is 10.9 Å². The number of pyridine rings is 1. The summed E-state index contributed by atoms with van der Waals surface area (Å²) in [6, 6.07) is 9.25. The molecule has 0 spiro atoms. The first-order valence-electron chi connectivity index (χ1n) is 11.3. The number of alkyl halides is 3. The first kappa shape index (κ1) is 26.4. The Labute approximate surface area is 193 Å². The number of nitrogens with one attached hydrogen (secondary N) is 2. The lowest BCUT2D eigenvalue weighted by Gasteiger charge is -2.17. The molecule has 0 radical (unpaired) electrons. The second kappa shape index (κ2) is 13.0.